The van der Waals surface area contributed by atoms with Gasteiger partial charge in [-0.15, -0.1) is 11.8 Å². The predicted octanol–water partition coefficient (Wildman–Crippen LogP) is 0.721. The normalized spacial score (nSPS) is 14.3. The van der Waals surface area contributed by atoms with Crippen LogP contribution in [0.1, 0.15) is 27.2 Å². The van der Waals surface area contributed by atoms with E-state index in [1.54, 1.807) is 0 Å². The molecule has 0 saturated heterocycles. The Kier molecular flexibility index (Phi) is 4.63. The molecular formula is C8H18N2OS. The molecule has 0 aromatic heterocycles. The first-order valence-corrected chi connectivity index (χ1v) is 5.11. The van der Waals surface area contributed by atoms with Crippen LogP contribution >= 0.6 is 11.8 Å². The first-order valence-electron chi connectivity index (χ1n) is 4.06. The summed E-state index contributed by atoms with van der Waals surface area (Å²) in [7, 11) is 0. The van der Waals surface area contributed by atoms with Crippen molar-refractivity contribution >= 4 is 17.7 Å². The number of amides is 1. The highest BCUT2D eigenvalue weighted by Gasteiger charge is 2.18. The highest BCUT2D eigenvalue weighted by atomic mass is 32.2. The third kappa shape index (κ3) is 5.43. The molecule has 4 heteroatoms. The Labute approximate surface area is 78.3 Å². The van der Waals surface area contributed by atoms with Gasteiger partial charge < -0.3 is 11.5 Å². The number of nitrogens with two attached hydrogens (primary N) is 2. The molecule has 4 N–H and O–H groups in total. The van der Waals surface area contributed by atoms with Crippen LogP contribution in [0.4, 0.5) is 0 Å². The van der Waals surface area contributed by atoms with Crippen molar-refractivity contribution < 1.29 is 4.79 Å². The van der Waals surface area contributed by atoms with Crippen molar-refractivity contribution in [1.29, 1.82) is 0 Å². The molecule has 0 fully saturated rings. The van der Waals surface area contributed by atoms with Gasteiger partial charge in [-0.25, -0.2) is 0 Å². The Bertz CT molecular complexity index is 154. The number of carbonyl (C=O) groups is 1. The number of primary amides is 1. The molecule has 1 atom stereocenters. The van der Waals surface area contributed by atoms with Crippen molar-refractivity contribution in [1.82, 2.24) is 0 Å². The van der Waals surface area contributed by atoms with Gasteiger partial charge in [-0.05, 0) is 20.3 Å². The van der Waals surface area contributed by atoms with E-state index in [2.05, 4.69) is 0 Å². The summed E-state index contributed by atoms with van der Waals surface area (Å²) in [5, 5.41) is -0.0900. The molecule has 72 valence electrons. The second-order valence-electron chi connectivity index (χ2n) is 3.60. The summed E-state index contributed by atoms with van der Waals surface area (Å²) >= 11 is 1.54. The molecule has 3 nitrogen and oxygen atoms in total. The fourth-order valence-corrected chi connectivity index (χ4v) is 1.75. The quantitative estimate of drug-likeness (QED) is 0.671. The van der Waals surface area contributed by atoms with Crippen LogP contribution in [0.2, 0.25) is 0 Å². The van der Waals surface area contributed by atoms with E-state index in [4.69, 9.17) is 11.5 Å². The number of carbonyl (C=O) groups excluding carboxylic acids is 1. The maximum absolute atomic E-state index is 10.8. The molecule has 0 radical (unpaired) electrons. The second kappa shape index (κ2) is 4.72. The van der Waals surface area contributed by atoms with Crippen LogP contribution in [0.3, 0.4) is 0 Å². The zero-order chi connectivity index (χ0) is 9.78. The summed E-state index contributed by atoms with van der Waals surface area (Å²) in [6, 6.07) is 0. The van der Waals surface area contributed by atoms with E-state index < -0.39 is 0 Å². The van der Waals surface area contributed by atoms with Gasteiger partial charge in [-0.3, -0.25) is 4.79 Å². The van der Waals surface area contributed by atoms with E-state index in [9.17, 15) is 4.79 Å². The summed E-state index contributed by atoms with van der Waals surface area (Å²) < 4.78 is 0. The second-order valence-corrected chi connectivity index (χ2v) is 4.79. The lowest BCUT2D eigenvalue weighted by molar-refractivity contribution is -0.117. The number of hydrogen-bond acceptors (Lipinski definition) is 3. The van der Waals surface area contributed by atoms with Crippen molar-refractivity contribution in [3.8, 4) is 0 Å². The Morgan fingerprint density at radius 3 is 2.33 bits per heavy atom. The minimum Gasteiger partial charge on any atom is -0.369 e. The molecule has 0 aliphatic carbocycles. The summed E-state index contributed by atoms with van der Waals surface area (Å²) in [5.74, 6) is 0.515. The third-order valence-corrected chi connectivity index (χ3v) is 3.22. The van der Waals surface area contributed by atoms with E-state index in [1.807, 2.05) is 20.8 Å². The molecule has 0 rings (SSSR count). The van der Waals surface area contributed by atoms with Gasteiger partial charge >= 0.3 is 0 Å². The van der Waals surface area contributed by atoms with Gasteiger partial charge in [-0.1, -0.05) is 6.92 Å². The van der Waals surface area contributed by atoms with E-state index in [-0.39, 0.29) is 16.7 Å². The Hall–Kier alpha value is -0.220. The SMILES string of the molecule is CCC(SCC(C)(C)N)C(N)=O. The van der Waals surface area contributed by atoms with Crippen LogP contribution in [-0.2, 0) is 4.79 Å². The Morgan fingerprint density at radius 2 is 2.08 bits per heavy atom. The number of hydrogen-bond donors (Lipinski definition) is 2. The van der Waals surface area contributed by atoms with Crippen LogP contribution < -0.4 is 11.5 Å². The molecular weight excluding hydrogens is 172 g/mol. The fraction of sp³-hybridized carbons (Fsp3) is 0.875. The van der Waals surface area contributed by atoms with E-state index in [0.717, 1.165) is 12.2 Å². The highest BCUT2D eigenvalue weighted by Crippen LogP contribution is 2.18. The summed E-state index contributed by atoms with van der Waals surface area (Å²) in [6.07, 6.45) is 0.774. The Morgan fingerprint density at radius 1 is 1.58 bits per heavy atom. The number of rotatable bonds is 5. The average Bonchev–Trinajstić information content (AvgIpc) is 1.85. The molecule has 0 aromatic carbocycles. The summed E-state index contributed by atoms with van der Waals surface area (Å²) in [4.78, 5) is 10.8. The first kappa shape index (κ1) is 11.8. The molecule has 0 aromatic rings. The average molecular weight is 190 g/mol. The van der Waals surface area contributed by atoms with Crippen LogP contribution in [0.25, 0.3) is 0 Å². The van der Waals surface area contributed by atoms with Gasteiger partial charge in [0.15, 0.2) is 0 Å². The molecule has 1 amide bonds. The molecule has 0 aliphatic heterocycles. The van der Waals surface area contributed by atoms with Crippen molar-refractivity contribution in [2.45, 2.75) is 38.0 Å². The molecule has 0 heterocycles. The van der Waals surface area contributed by atoms with Crippen molar-refractivity contribution in [3.63, 3.8) is 0 Å². The molecule has 0 spiro atoms. The molecule has 0 bridgehead atoms. The minimum atomic E-state index is -0.244. The van der Waals surface area contributed by atoms with Gasteiger partial charge in [0.2, 0.25) is 5.91 Å². The maximum atomic E-state index is 10.8. The third-order valence-electron chi connectivity index (χ3n) is 1.34. The summed E-state index contributed by atoms with van der Waals surface area (Å²) in [6.45, 7) is 5.83. The number of thioether (sulfide) groups is 1. The lowest BCUT2D eigenvalue weighted by Gasteiger charge is -2.20. The lowest BCUT2D eigenvalue weighted by atomic mass is 10.1. The van der Waals surface area contributed by atoms with Crippen LogP contribution in [-0.4, -0.2) is 22.4 Å². The van der Waals surface area contributed by atoms with Crippen molar-refractivity contribution in [3.05, 3.63) is 0 Å². The van der Waals surface area contributed by atoms with Crippen LogP contribution in [0.5, 0.6) is 0 Å². The molecule has 0 aliphatic rings. The van der Waals surface area contributed by atoms with Gasteiger partial charge in [-0.2, -0.15) is 0 Å². The van der Waals surface area contributed by atoms with Gasteiger partial charge in [0.05, 0.1) is 5.25 Å². The largest absolute Gasteiger partial charge is 0.369 e. The van der Waals surface area contributed by atoms with Crippen molar-refractivity contribution in [2.75, 3.05) is 5.75 Å². The molecule has 12 heavy (non-hydrogen) atoms. The van der Waals surface area contributed by atoms with E-state index >= 15 is 0 Å². The monoisotopic (exact) mass is 190 g/mol. The van der Waals surface area contributed by atoms with Crippen molar-refractivity contribution in [2.24, 2.45) is 11.5 Å². The fourth-order valence-electron chi connectivity index (χ4n) is 0.717. The zero-order valence-electron chi connectivity index (χ0n) is 7.96. The van der Waals surface area contributed by atoms with E-state index in [0.29, 0.717) is 0 Å². The Balaban J connectivity index is 3.81. The van der Waals surface area contributed by atoms with Gasteiger partial charge in [0, 0.05) is 11.3 Å². The standard InChI is InChI=1S/C8H18N2OS/c1-4-6(7(9)11)12-5-8(2,3)10/h6H,4-5,10H2,1-3H3,(H2,9,11). The highest BCUT2D eigenvalue weighted by molar-refractivity contribution is 8.00. The van der Waals surface area contributed by atoms with Gasteiger partial charge in [0.25, 0.3) is 0 Å². The topological polar surface area (TPSA) is 69.1 Å². The summed E-state index contributed by atoms with van der Waals surface area (Å²) in [5.41, 5.74) is 10.7. The smallest absolute Gasteiger partial charge is 0.230 e. The predicted molar refractivity (Wildman–Crippen MR) is 54.0 cm³/mol. The zero-order valence-corrected chi connectivity index (χ0v) is 8.78. The minimum absolute atomic E-state index is 0.0900. The molecule has 0 saturated carbocycles. The van der Waals surface area contributed by atoms with E-state index in [1.165, 1.54) is 11.8 Å². The van der Waals surface area contributed by atoms with Crippen LogP contribution in [0, 0.1) is 0 Å². The van der Waals surface area contributed by atoms with Gasteiger partial charge in [0.1, 0.15) is 0 Å². The first-order chi connectivity index (χ1) is 5.37. The lowest BCUT2D eigenvalue weighted by Crippen LogP contribution is -2.37. The van der Waals surface area contributed by atoms with Crippen LogP contribution in [0.15, 0.2) is 0 Å². The maximum Gasteiger partial charge on any atom is 0.230 e. The molecule has 1 unspecified atom stereocenters.